The maximum absolute atomic E-state index is 12.6. The molecular weight excluding hydrogens is 384 g/mol. The number of hydrogen-bond acceptors (Lipinski definition) is 7. The van der Waals surface area contributed by atoms with E-state index in [-0.39, 0.29) is 36.6 Å². The Hall–Kier alpha value is -2.07. The predicted octanol–water partition coefficient (Wildman–Crippen LogP) is 0.117. The van der Waals surface area contributed by atoms with E-state index in [2.05, 4.69) is 4.98 Å². The highest BCUT2D eigenvalue weighted by atomic mass is 32.2. The Labute approximate surface area is 167 Å². The minimum atomic E-state index is -0.368. The summed E-state index contributed by atoms with van der Waals surface area (Å²) in [4.78, 5) is 44.1. The standard InChI is InChI=1S/C18H26N4O5S/c1-2-27-18(26)21-8-6-20(7-9-21)15(24)12-28-16-13-4-3-5-14(13)22(10-11-23)17(25)19-16/h23H,2-12H2,1H3. The van der Waals surface area contributed by atoms with Crippen LogP contribution in [-0.2, 0) is 28.9 Å². The number of carbonyl (C=O) groups is 2. The number of aliphatic hydroxyl groups excluding tert-OH is 1. The lowest BCUT2D eigenvalue weighted by Crippen LogP contribution is -2.51. The second kappa shape index (κ2) is 9.42. The van der Waals surface area contributed by atoms with Gasteiger partial charge in [0.25, 0.3) is 0 Å². The van der Waals surface area contributed by atoms with E-state index in [4.69, 9.17) is 4.74 Å². The van der Waals surface area contributed by atoms with Gasteiger partial charge in [0.05, 0.1) is 25.5 Å². The number of ether oxygens (including phenoxy) is 1. The van der Waals surface area contributed by atoms with Crippen LogP contribution in [0.25, 0.3) is 0 Å². The Balaban J connectivity index is 1.59. The summed E-state index contributed by atoms with van der Waals surface area (Å²) in [5.41, 5.74) is 1.60. The molecule has 0 radical (unpaired) electrons. The van der Waals surface area contributed by atoms with Crippen LogP contribution < -0.4 is 5.69 Å². The van der Waals surface area contributed by atoms with Crippen LogP contribution in [0.1, 0.15) is 24.6 Å². The van der Waals surface area contributed by atoms with Crippen molar-refractivity contribution in [3.05, 3.63) is 21.7 Å². The number of piperazine rings is 1. The number of hydrogen-bond donors (Lipinski definition) is 1. The molecule has 0 saturated carbocycles. The molecule has 0 unspecified atom stereocenters. The van der Waals surface area contributed by atoms with Crippen molar-refractivity contribution in [1.82, 2.24) is 19.4 Å². The molecule has 1 aromatic heterocycles. The molecule has 1 fully saturated rings. The van der Waals surface area contributed by atoms with Crippen molar-refractivity contribution in [3.63, 3.8) is 0 Å². The molecule has 0 atom stereocenters. The van der Waals surface area contributed by atoms with Crippen LogP contribution in [0.5, 0.6) is 0 Å². The van der Waals surface area contributed by atoms with Gasteiger partial charge in [0.1, 0.15) is 5.03 Å². The molecule has 0 spiro atoms. The Morgan fingerprint density at radius 1 is 1.18 bits per heavy atom. The highest BCUT2D eigenvalue weighted by Crippen LogP contribution is 2.29. The first-order valence-electron chi connectivity index (χ1n) is 9.60. The summed E-state index contributed by atoms with van der Waals surface area (Å²) in [7, 11) is 0. The molecule has 0 bridgehead atoms. The predicted molar refractivity (Wildman–Crippen MR) is 104 cm³/mol. The van der Waals surface area contributed by atoms with Crippen LogP contribution >= 0.6 is 11.8 Å². The van der Waals surface area contributed by atoms with Gasteiger partial charge < -0.3 is 19.6 Å². The molecule has 1 saturated heterocycles. The Morgan fingerprint density at radius 3 is 2.57 bits per heavy atom. The van der Waals surface area contributed by atoms with Crippen LogP contribution in [0.4, 0.5) is 4.79 Å². The van der Waals surface area contributed by atoms with Crippen molar-refractivity contribution in [1.29, 1.82) is 0 Å². The van der Waals surface area contributed by atoms with Crippen LogP contribution in [0, 0.1) is 0 Å². The zero-order valence-electron chi connectivity index (χ0n) is 16.1. The lowest BCUT2D eigenvalue weighted by molar-refractivity contribution is -0.129. The maximum atomic E-state index is 12.6. The van der Waals surface area contributed by atoms with Crippen molar-refractivity contribution >= 4 is 23.8 Å². The molecule has 2 heterocycles. The van der Waals surface area contributed by atoms with E-state index in [9.17, 15) is 19.5 Å². The van der Waals surface area contributed by atoms with Crippen molar-refractivity contribution in [2.75, 3.05) is 45.1 Å². The number of rotatable bonds is 6. The van der Waals surface area contributed by atoms with Crippen molar-refractivity contribution in [3.8, 4) is 0 Å². The molecular formula is C18H26N4O5S. The average Bonchev–Trinajstić information content (AvgIpc) is 3.19. The van der Waals surface area contributed by atoms with Gasteiger partial charge in [0.2, 0.25) is 5.91 Å². The number of amides is 2. The third-order valence-electron chi connectivity index (χ3n) is 5.02. The van der Waals surface area contributed by atoms with E-state index in [1.807, 2.05) is 0 Å². The van der Waals surface area contributed by atoms with Gasteiger partial charge in [0, 0.05) is 37.4 Å². The minimum absolute atomic E-state index is 0.0263. The van der Waals surface area contributed by atoms with Crippen LogP contribution in [0.2, 0.25) is 0 Å². The van der Waals surface area contributed by atoms with Gasteiger partial charge in [-0.2, -0.15) is 4.98 Å². The van der Waals surface area contributed by atoms with Crippen LogP contribution in [0.15, 0.2) is 9.82 Å². The third-order valence-corrected chi connectivity index (χ3v) is 6.02. The largest absolute Gasteiger partial charge is 0.450 e. The first-order chi connectivity index (χ1) is 13.5. The fourth-order valence-corrected chi connectivity index (χ4v) is 4.59. The smallest absolute Gasteiger partial charge is 0.409 e. The Kier molecular flexibility index (Phi) is 6.95. The number of thioether (sulfide) groups is 1. The summed E-state index contributed by atoms with van der Waals surface area (Å²) in [6, 6.07) is 0. The molecule has 0 aromatic carbocycles. The molecule has 9 nitrogen and oxygen atoms in total. The number of nitrogens with zero attached hydrogens (tertiary/aromatic N) is 4. The van der Waals surface area contributed by atoms with Gasteiger partial charge in [-0.05, 0) is 26.2 Å². The average molecular weight is 410 g/mol. The SMILES string of the molecule is CCOC(=O)N1CCN(C(=O)CSc2nc(=O)n(CCO)c3c2CCC3)CC1. The number of carbonyl (C=O) groups excluding carboxylic acids is 2. The van der Waals surface area contributed by atoms with Crippen molar-refractivity contribution < 1.29 is 19.4 Å². The first kappa shape index (κ1) is 20.7. The molecule has 154 valence electrons. The number of aliphatic hydroxyl groups is 1. The quantitative estimate of drug-likeness (QED) is 0.524. The van der Waals surface area contributed by atoms with Crippen LogP contribution in [-0.4, -0.2) is 81.6 Å². The molecule has 1 N–H and O–H groups in total. The molecule has 1 aromatic rings. The van der Waals surface area contributed by atoms with Crippen molar-refractivity contribution in [2.24, 2.45) is 0 Å². The second-order valence-electron chi connectivity index (χ2n) is 6.71. The first-order valence-corrected chi connectivity index (χ1v) is 10.6. The van der Waals surface area contributed by atoms with Crippen molar-refractivity contribution in [2.45, 2.75) is 37.8 Å². The second-order valence-corrected chi connectivity index (χ2v) is 7.67. The molecule has 1 aliphatic carbocycles. The highest BCUT2D eigenvalue weighted by Gasteiger charge is 2.26. The summed E-state index contributed by atoms with van der Waals surface area (Å²) in [5.74, 6) is 0.184. The van der Waals surface area contributed by atoms with Gasteiger partial charge in [-0.3, -0.25) is 9.36 Å². The molecule has 2 amide bonds. The summed E-state index contributed by atoms with van der Waals surface area (Å²) in [6.07, 6.45) is 2.24. The molecule has 28 heavy (non-hydrogen) atoms. The van der Waals surface area contributed by atoms with E-state index < -0.39 is 0 Å². The summed E-state index contributed by atoms with van der Waals surface area (Å²) < 4.78 is 6.53. The van der Waals surface area contributed by atoms with E-state index in [1.54, 1.807) is 21.3 Å². The van der Waals surface area contributed by atoms with Gasteiger partial charge in [-0.15, -0.1) is 0 Å². The van der Waals surface area contributed by atoms with Gasteiger partial charge >= 0.3 is 11.8 Å². The molecule has 2 aliphatic rings. The van der Waals surface area contributed by atoms with E-state index >= 15 is 0 Å². The fourth-order valence-electron chi connectivity index (χ4n) is 3.61. The topological polar surface area (TPSA) is 105 Å². The van der Waals surface area contributed by atoms with Gasteiger partial charge in [-0.1, -0.05) is 11.8 Å². The Bertz CT molecular complexity index is 789. The zero-order chi connectivity index (χ0) is 20.1. The third kappa shape index (κ3) is 4.49. The summed E-state index contributed by atoms with van der Waals surface area (Å²) in [5, 5.41) is 9.80. The lowest BCUT2D eigenvalue weighted by atomic mass is 10.2. The van der Waals surface area contributed by atoms with E-state index in [0.717, 1.165) is 30.5 Å². The van der Waals surface area contributed by atoms with Gasteiger partial charge in [0.15, 0.2) is 0 Å². The zero-order valence-corrected chi connectivity index (χ0v) is 16.9. The molecule has 1 aliphatic heterocycles. The highest BCUT2D eigenvalue weighted by molar-refractivity contribution is 7.99. The normalized spacial score (nSPS) is 16.2. The number of aromatic nitrogens is 2. The van der Waals surface area contributed by atoms with E-state index in [1.165, 1.54) is 11.8 Å². The lowest BCUT2D eigenvalue weighted by Gasteiger charge is -2.34. The number of fused-ring (bicyclic) bond motifs is 1. The summed E-state index contributed by atoms with van der Waals surface area (Å²) in [6.45, 7) is 4.12. The molecule has 3 rings (SSSR count). The summed E-state index contributed by atoms with van der Waals surface area (Å²) >= 11 is 1.30. The van der Waals surface area contributed by atoms with Crippen LogP contribution in [0.3, 0.4) is 0 Å². The minimum Gasteiger partial charge on any atom is -0.450 e. The molecule has 10 heteroatoms. The maximum Gasteiger partial charge on any atom is 0.409 e. The monoisotopic (exact) mass is 410 g/mol. The van der Waals surface area contributed by atoms with E-state index in [0.29, 0.717) is 37.8 Å². The Morgan fingerprint density at radius 2 is 1.89 bits per heavy atom. The fraction of sp³-hybridized carbons (Fsp3) is 0.667. The van der Waals surface area contributed by atoms with Gasteiger partial charge in [-0.25, -0.2) is 9.59 Å².